The number of nitrogens with one attached hydrogen (secondary N) is 2. The van der Waals surface area contributed by atoms with Crippen LogP contribution in [-0.2, 0) is 0 Å². The number of rotatable bonds is 7. The van der Waals surface area contributed by atoms with Gasteiger partial charge in [-0.2, -0.15) is 13.2 Å². The average Bonchev–Trinajstić information content (AvgIpc) is 2.58. The Hall–Kier alpha value is -1.67. The standard InChI is InChI=1S/C18H26ClF3N4O/c1-25(13-18(20,21)22)9-5-8-23-17(27)24-14-6-7-16(15(19)12-14)26-10-3-2-4-11-26/h6-7,12H,2-5,8-11,13H2,1H3,(H2,23,24,27). The van der Waals surface area contributed by atoms with Crippen LogP contribution in [-0.4, -0.2) is 56.9 Å². The second-order valence-corrected chi connectivity index (χ2v) is 7.21. The van der Waals surface area contributed by atoms with Gasteiger partial charge < -0.3 is 15.5 Å². The number of amides is 2. The summed E-state index contributed by atoms with van der Waals surface area (Å²) in [6.45, 7) is 1.54. The third kappa shape index (κ3) is 7.84. The molecule has 27 heavy (non-hydrogen) atoms. The zero-order valence-electron chi connectivity index (χ0n) is 15.4. The van der Waals surface area contributed by atoms with Crippen LogP contribution in [0.1, 0.15) is 25.7 Å². The first-order valence-corrected chi connectivity index (χ1v) is 9.47. The minimum atomic E-state index is -4.21. The van der Waals surface area contributed by atoms with Gasteiger partial charge in [0.15, 0.2) is 0 Å². The monoisotopic (exact) mass is 406 g/mol. The van der Waals surface area contributed by atoms with Crippen LogP contribution in [0.25, 0.3) is 0 Å². The van der Waals surface area contributed by atoms with Gasteiger partial charge in [-0.25, -0.2) is 4.79 Å². The second-order valence-electron chi connectivity index (χ2n) is 6.80. The van der Waals surface area contributed by atoms with E-state index in [4.69, 9.17) is 11.6 Å². The molecule has 1 saturated heterocycles. The molecule has 0 saturated carbocycles. The normalized spacial score (nSPS) is 15.1. The van der Waals surface area contributed by atoms with E-state index in [0.717, 1.165) is 31.6 Å². The molecule has 0 aromatic heterocycles. The first kappa shape index (κ1) is 21.6. The molecule has 2 amide bonds. The van der Waals surface area contributed by atoms with Gasteiger partial charge in [0.1, 0.15) is 0 Å². The number of anilines is 2. The molecular formula is C18H26ClF3N4O. The molecule has 0 unspecified atom stereocenters. The lowest BCUT2D eigenvalue weighted by Crippen LogP contribution is -2.35. The predicted octanol–water partition coefficient (Wildman–Crippen LogP) is 4.34. The Morgan fingerprint density at radius 1 is 1.26 bits per heavy atom. The summed E-state index contributed by atoms with van der Waals surface area (Å²) in [7, 11) is 1.40. The molecule has 1 aromatic rings. The number of carbonyl (C=O) groups is 1. The van der Waals surface area contributed by atoms with Gasteiger partial charge in [0, 0.05) is 25.3 Å². The van der Waals surface area contributed by atoms with Crippen molar-refractivity contribution in [2.45, 2.75) is 31.9 Å². The maximum absolute atomic E-state index is 12.2. The molecular weight excluding hydrogens is 381 g/mol. The minimum Gasteiger partial charge on any atom is -0.370 e. The van der Waals surface area contributed by atoms with Gasteiger partial charge in [-0.05, 0) is 57.5 Å². The fourth-order valence-electron chi connectivity index (χ4n) is 3.09. The number of alkyl halides is 3. The SMILES string of the molecule is CN(CCCNC(=O)Nc1ccc(N2CCCCC2)c(Cl)c1)CC(F)(F)F. The van der Waals surface area contributed by atoms with Crippen molar-refractivity contribution < 1.29 is 18.0 Å². The quantitative estimate of drug-likeness (QED) is 0.662. The van der Waals surface area contributed by atoms with Crippen molar-refractivity contribution in [1.82, 2.24) is 10.2 Å². The fraction of sp³-hybridized carbons (Fsp3) is 0.611. The molecule has 2 rings (SSSR count). The smallest absolute Gasteiger partial charge is 0.370 e. The maximum Gasteiger partial charge on any atom is 0.401 e. The van der Waals surface area contributed by atoms with Crippen molar-refractivity contribution in [1.29, 1.82) is 0 Å². The van der Waals surface area contributed by atoms with Crippen molar-refractivity contribution in [2.24, 2.45) is 0 Å². The molecule has 1 heterocycles. The lowest BCUT2D eigenvalue weighted by atomic mass is 10.1. The van der Waals surface area contributed by atoms with E-state index in [0.29, 0.717) is 17.1 Å². The van der Waals surface area contributed by atoms with Gasteiger partial charge in [-0.3, -0.25) is 4.90 Å². The summed E-state index contributed by atoms with van der Waals surface area (Å²) in [6.07, 6.45) is -0.248. The number of urea groups is 1. The van der Waals surface area contributed by atoms with Crippen LogP contribution in [0, 0.1) is 0 Å². The number of benzene rings is 1. The molecule has 9 heteroatoms. The van der Waals surface area contributed by atoms with Gasteiger partial charge >= 0.3 is 12.2 Å². The average molecular weight is 407 g/mol. The molecule has 1 aromatic carbocycles. The molecule has 0 aliphatic carbocycles. The van der Waals surface area contributed by atoms with Crippen LogP contribution >= 0.6 is 11.6 Å². The molecule has 1 aliphatic heterocycles. The lowest BCUT2D eigenvalue weighted by Gasteiger charge is -2.29. The summed E-state index contributed by atoms with van der Waals surface area (Å²) in [4.78, 5) is 15.3. The topological polar surface area (TPSA) is 47.6 Å². The molecule has 1 fully saturated rings. The number of hydrogen-bond donors (Lipinski definition) is 2. The molecule has 2 N–H and O–H groups in total. The van der Waals surface area contributed by atoms with E-state index in [1.807, 2.05) is 6.07 Å². The predicted molar refractivity (Wildman–Crippen MR) is 103 cm³/mol. The molecule has 5 nitrogen and oxygen atoms in total. The second kappa shape index (κ2) is 10.0. The van der Waals surface area contributed by atoms with Crippen LogP contribution < -0.4 is 15.5 Å². The molecule has 0 atom stereocenters. The fourth-order valence-corrected chi connectivity index (χ4v) is 3.39. The molecule has 0 bridgehead atoms. The first-order valence-electron chi connectivity index (χ1n) is 9.09. The first-order chi connectivity index (χ1) is 12.7. The van der Waals surface area contributed by atoms with Gasteiger partial charge in [0.2, 0.25) is 0 Å². The third-order valence-electron chi connectivity index (χ3n) is 4.35. The largest absolute Gasteiger partial charge is 0.401 e. The van der Waals surface area contributed by atoms with Gasteiger partial charge in [0.25, 0.3) is 0 Å². The van der Waals surface area contributed by atoms with Crippen molar-refractivity contribution in [2.75, 3.05) is 50.0 Å². The number of carbonyl (C=O) groups excluding carboxylic acids is 1. The van der Waals surface area contributed by atoms with Crippen LogP contribution in [0.2, 0.25) is 5.02 Å². The zero-order valence-corrected chi connectivity index (χ0v) is 16.2. The Balaban J connectivity index is 1.73. The van der Waals surface area contributed by atoms with E-state index in [9.17, 15) is 18.0 Å². The summed E-state index contributed by atoms with van der Waals surface area (Å²) in [5, 5.41) is 5.91. The summed E-state index contributed by atoms with van der Waals surface area (Å²) >= 11 is 6.35. The Labute approximate surface area is 162 Å². The van der Waals surface area contributed by atoms with Crippen molar-refractivity contribution in [3.63, 3.8) is 0 Å². The van der Waals surface area contributed by atoms with Crippen LogP contribution in [0.15, 0.2) is 18.2 Å². The highest BCUT2D eigenvalue weighted by Gasteiger charge is 2.28. The third-order valence-corrected chi connectivity index (χ3v) is 4.66. The number of nitrogens with zero attached hydrogens (tertiary/aromatic N) is 2. The Bertz CT molecular complexity index is 621. The summed E-state index contributed by atoms with van der Waals surface area (Å²) in [5.74, 6) is 0. The van der Waals surface area contributed by atoms with E-state index in [1.165, 1.54) is 18.4 Å². The van der Waals surface area contributed by atoms with Crippen molar-refractivity contribution in [3.05, 3.63) is 23.2 Å². The highest BCUT2D eigenvalue weighted by atomic mass is 35.5. The van der Waals surface area contributed by atoms with E-state index < -0.39 is 18.8 Å². The Morgan fingerprint density at radius 2 is 1.96 bits per heavy atom. The van der Waals surface area contributed by atoms with Crippen LogP contribution in [0.5, 0.6) is 0 Å². The van der Waals surface area contributed by atoms with Crippen LogP contribution in [0.4, 0.5) is 29.3 Å². The number of piperidine rings is 1. The summed E-state index contributed by atoms with van der Waals surface area (Å²) in [6, 6.07) is 5.00. The van der Waals surface area contributed by atoms with Gasteiger partial charge in [0.05, 0.1) is 17.3 Å². The zero-order chi connectivity index (χ0) is 19.9. The van der Waals surface area contributed by atoms with E-state index >= 15 is 0 Å². The van der Waals surface area contributed by atoms with Gasteiger partial charge in [-0.1, -0.05) is 11.6 Å². The molecule has 0 spiro atoms. The minimum absolute atomic E-state index is 0.246. The van der Waals surface area contributed by atoms with E-state index in [2.05, 4.69) is 15.5 Å². The Kier molecular flexibility index (Phi) is 8.04. The number of halogens is 4. The number of hydrogen-bond acceptors (Lipinski definition) is 3. The Morgan fingerprint density at radius 3 is 2.59 bits per heavy atom. The summed E-state index contributed by atoms with van der Waals surface area (Å²) in [5.41, 5.74) is 1.54. The van der Waals surface area contributed by atoms with Crippen molar-refractivity contribution >= 4 is 29.0 Å². The maximum atomic E-state index is 12.2. The highest BCUT2D eigenvalue weighted by molar-refractivity contribution is 6.33. The van der Waals surface area contributed by atoms with Crippen LogP contribution in [0.3, 0.4) is 0 Å². The lowest BCUT2D eigenvalue weighted by molar-refractivity contribution is -0.143. The van der Waals surface area contributed by atoms with Crippen molar-refractivity contribution in [3.8, 4) is 0 Å². The molecule has 0 radical (unpaired) electrons. The molecule has 1 aliphatic rings. The van der Waals surface area contributed by atoms with E-state index in [1.54, 1.807) is 12.1 Å². The molecule has 152 valence electrons. The summed E-state index contributed by atoms with van der Waals surface area (Å²) < 4.78 is 36.7. The highest BCUT2D eigenvalue weighted by Crippen LogP contribution is 2.30. The van der Waals surface area contributed by atoms with Gasteiger partial charge in [-0.15, -0.1) is 0 Å². The van der Waals surface area contributed by atoms with E-state index in [-0.39, 0.29) is 13.1 Å².